The second kappa shape index (κ2) is 3.54. The quantitative estimate of drug-likeness (QED) is 0.834. The molecule has 1 aliphatic heterocycles. The van der Waals surface area contributed by atoms with E-state index in [4.69, 9.17) is 15.5 Å². The van der Waals surface area contributed by atoms with Gasteiger partial charge >= 0.3 is 0 Å². The van der Waals surface area contributed by atoms with Gasteiger partial charge in [-0.15, -0.1) is 11.3 Å². The summed E-state index contributed by atoms with van der Waals surface area (Å²) in [5.74, 6) is 0. The van der Waals surface area contributed by atoms with Crippen molar-refractivity contribution in [2.45, 2.75) is 31.6 Å². The topological polar surface area (TPSA) is 48.1 Å². The highest BCUT2D eigenvalue weighted by molar-refractivity contribution is 7.09. The predicted molar refractivity (Wildman–Crippen MR) is 62.4 cm³/mol. The van der Waals surface area contributed by atoms with Crippen LogP contribution >= 0.6 is 11.3 Å². The van der Waals surface area contributed by atoms with E-state index in [1.54, 1.807) is 11.3 Å². The third-order valence-electron chi connectivity index (χ3n) is 2.87. The van der Waals surface area contributed by atoms with Crippen molar-refractivity contribution in [1.29, 1.82) is 0 Å². The van der Waals surface area contributed by atoms with Crippen molar-refractivity contribution in [3.05, 3.63) is 16.1 Å². The number of hydrogen-bond acceptors (Lipinski definition) is 4. The highest BCUT2D eigenvalue weighted by Crippen LogP contribution is 2.35. The molecule has 1 aliphatic rings. The van der Waals surface area contributed by atoms with Gasteiger partial charge in [-0.1, -0.05) is 20.8 Å². The van der Waals surface area contributed by atoms with Gasteiger partial charge in [-0.3, -0.25) is 0 Å². The zero-order valence-electron chi connectivity index (χ0n) is 9.54. The lowest BCUT2D eigenvalue weighted by Gasteiger charge is -2.38. The van der Waals surface area contributed by atoms with Crippen LogP contribution in [0.25, 0.3) is 0 Å². The molecule has 1 saturated heterocycles. The smallest absolute Gasteiger partial charge is 0.105 e. The second-order valence-electron chi connectivity index (χ2n) is 5.27. The zero-order chi connectivity index (χ0) is 11.1. The lowest BCUT2D eigenvalue weighted by Crippen LogP contribution is -2.52. The van der Waals surface area contributed by atoms with Crippen molar-refractivity contribution in [3.8, 4) is 0 Å². The van der Waals surface area contributed by atoms with Gasteiger partial charge in [0.05, 0.1) is 24.3 Å². The summed E-state index contributed by atoms with van der Waals surface area (Å²) in [4.78, 5) is 4.71. The fourth-order valence-electron chi connectivity index (χ4n) is 1.54. The molecule has 4 heteroatoms. The molecule has 2 heterocycles. The highest BCUT2D eigenvalue weighted by Gasteiger charge is 2.42. The van der Waals surface area contributed by atoms with Crippen LogP contribution < -0.4 is 5.73 Å². The van der Waals surface area contributed by atoms with Gasteiger partial charge in [0.25, 0.3) is 0 Å². The molecule has 0 unspecified atom stereocenters. The van der Waals surface area contributed by atoms with Crippen molar-refractivity contribution in [2.75, 3.05) is 19.8 Å². The molecule has 3 nitrogen and oxygen atoms in total. The fourth-order valence-corrected chi connectivity index (χ4v) is 2.77. The Bertz CT molecular complexity index is 344. The summed E-state index contributed by atoms with van der Waals surface area (Å²) < 4.78 is 5.27. The Labute approximate surface area is 94.7 Å². The molecular formula is C11H18N2OS. The van der Waals surface area contributed by atoms with Crippen LogP contribution in [-0.2, 0) is 15.6 Å². The first-order chi connectivity index (χ1) is 6.98. The zero-order valence-corrected chi connectivity index (χ0v) is 10.4. The average molecular weight is 226 g/mol. The summed E-state index contributed by atoms with van der Waals surface area (Å²) in [5, 5.41) is 3.28. The van der Waals surface area contributed by atoms with Crippen molar-refractivity contribution in [2.24, 2.45) is 5.73 Å². The van der Waals surface area contributed by atoms with Crippen LogP contribution in [0.4, 0.5) is 0 Å². The van der Waals surface area contributed by atoms with Crippen LogP contribution in [0, 0.1) is 0 Å². The molecule has 1 aromatic heterocycles. The number of ether oxygens (including phenoxy) is 1. The minimum absolute atomic E-state index is 0.00810. The first-order valence-corrected chi connectivity index (χ1v) is 6.10. The van der Waals surface area contributed by atoms with E-state index in [1.165, 1.54) is 0 Å². The number of thiazole rings is 1. The molecular weight excluding hydrogens is 208 g/mol. The monoisotopic (exact) mass is 226 g/mol. The number of hydrogen-bond donors (Lipinski definition) is 1. The summed E-state index contributed by atoms with van der Waals surface area (Å²) >= 11 is 1.71. The maximum absolute atomic E-state index is 5.81. The van der Waals surface area contributed by atoms with Crippen molar-refractivity contribution >= 4 is 11.3 Å². The fraction of sp³-hybridized carbons (Fsp3) is 0.727. The molecule has 2 N–H and O–H groups in total. The van der Waals surface area contributed by atoms with E-state index in [2.05, 4.69) is 26.2 Å². The number of rotatable bonds is 2. The van der Waals surface area contributed by atoms with Crippen LogP contribution in [0.15, 0.2) is 5.38 Å². The minimum atomic E-state index is 0.00810. The van der Waals surface area contributed by atoms with Crippen molar-refractivity contribution in [3.63, 3.8) is 0 Å². The van der Waals surface area contributed by atoms with Crippen LogP contribution in [0.2, 0.25) is 0 Å². The van der Waals surface area contributed by atoms with Gasteiger partial charge < -0.3 is 10.5 Å². The van der Waals surface area contributed by atoms with Gasteiger partial charge in [0.2, 0.25) is 0 Å². The van der Waals surface area contributed by atoms with Gasteiger partial charge in [-0.25, -0.2) is 4.98 Å². The summed E-state index contributed by atoms with van der Waals surface area (Å²) in [5.41, 5.74) is 7.09. The molecule has 0 radical (unpaired) electrons. The summed E-state index contributed by atoms with van der Waals surface area (Å²) in [6, 6.07) is 0. The van der Waals surface area contributed by atoms with Gasteiger partial charge in [0, 0.05) is 17.3 Å². The number of nitrogens with two attached hydrogens (primary N) is 1. The third kappa shape index (κ3) is 1.82. The highest BCUT2D eigenvalue weighted by atomic mass is 32.1. The van der Waals surface area contributed by atoms with E-state index in [0.29, 0.717) is 6.54 Å². The second-order valence-corrected chi connectivity index (χ2v) is 6.12. The Morgan fingerprint density at radius 3 is 2.53 bits per heavy atom. The van der Waals surface area contributed by atoms with E-state index in [-0.39, 0.29) is 10.8 Å². The molecule has 0 spiro atoms. The molecule has 0 saturated carbocycles. The van der Waals surface area contributed by atoms with Crippen molar-refractivity contribution in [1.82, 2.24) is 4.98 Å². The SMILES string of the molecule is CC(C)(C)c1csc(C2(CN)COC2)n1. The molecule has 1 fully saturated rings. The Balaban J connectivity index is 2.27. The molecule has 0 bridgehead atoms. The molecule has 1 aromatic rings. The van der Waals surface area contributed by atoms with E-state index in [9.17, 15) is 0 Å². The lowest BCUT2D eigenvalue weighted by molar-refractivity contribution is -0.0551. The Kier molecular flexibility index (Phi) is 2.61. The predicted octanol–water partition coefficient (Wildman–Crippen LogP) is 1.67. The molecule has 0 amide bonds. The molecule has 0 aliphatic carbocycles. The van der Waals surface area contributed by atoms with E-state index >= 15 is 0 Å². The van der Waals surface area contributed by atoms with E-state index < -0.39 is 0 Å². The van der Waals surface area contributed by atoms with Gasteiger partial charge in [-0.2, -0.15) is 0 Å². The molecule has 2 rings (SSSR count). The maximum atomic E-state index is 5.81. The summed E-state index contributed by atoms with van der Waals surface area (Å²) in [7, 11) is 0. The van der Waals surface area contributed by atoms with Crippen LogP contribution in [-0.4, -0.2) is 24.7 Å². The minimum Gasteiger partial charge on any atom is -0.379 e. The normalized spacial score (nSPS) is 20.0. The molecule has 15 heavy (non-hydrogen) atoms. The average Bonchev–Trinajstić information content (AvgIpc) is 2.51. The Hall–Kier alpha value is -0.450. The Morgan fingerprint density at radius 2 is 2.20 bits per heavy atom. The first-order valence-electron chi connectivity index (χ1n) is 5.22. The van der Waals surface area contributed by atoms with Gasteiger partial charge in [0.1, 0.15) is 5.01 Å². The Morgan fingerprint density at radius 1 is 1.53 bits per heavy atom. The number of nitrogens with zero attached hydrogens (tertiary/aromatic N) is 1. The third-order valence-corrected chi connectivity index (χ3v) is 3.96. The molecule has 0 atom stereocenters. The standard InChI is InChI=1S/C11H18N2OS/c1-10(2,3)8-4-15-9(13-8)11(5-12)6-14-7-11/h4H,5-7,12H2,1-3H3. The summed E-state index contributed by atoms with van der Waals surface area (Å²) in [6.07, 6.45) is 0. The van der Waals surface area contributed by atoms with Gasteiger partial charge in [-0.05, 0) is 0 Å². The largest absolute Gasteiger partial charge is 0.379 e. The van der Waals surface area contributed by atoms with Crippen LogP contribution in [0.1, 0.15) is 31.5 Å². The van der Waals surface area contributed by atoms with Crippen molar-refractivity contribution < 1.29 is 4.74 Å². The van der Waals surface area contributed by atoms with E-state index in [0.717, 1.165) is 23.9 Å². The first kappa shape index (κ1) is 11.0. The van der Waals surface area contributed by atoms with E-state index in [1.807, 2.05) is 0 Å². The molecule has 84 valence electrons. The number of aromatic nitrogens is 1. The van der Waals surface area contributed by atoms with Crippen LogP contribution in [0.3, 0.4) is 0 Å². The lowest BCUT2D eigenvalue weighted by atomic mass is 9.86. The molecule has 0 aromatic carbocycles. The van der Waals surface area contributed by atoms with Gasteiger partial charge in [0.15, 0.2) is 0 Å². The maximum Gasteiger partial charge on any atom is 0.105 e. The summed E-state index contributed by atoms with van der Waals surface area (Å²) in [6.45, 7) is 8.61. The van der Waals surface area contributed by atoms with Crippen LogP contribution in [0.5, 0.6) is 0 Å².